The minimum Gasteiger partial charge on any atom is -0.454 e. The molecule has 0 aliphatic carbocycles. The minimum atomic E-state index is -0.839. The van der Waals surface area contributed by atoms with E-state index in [0.717, 1.165) is 10.0 Å². The van der Waals surface area contributed by atoms with Crippen LogP contribution < -0.4 is 20.2 Å². The molecular weight excluding hydrogens is 442 g/mol. The number of carbonyl (C=O) groups excluding carboxylic acids is 2. The number of nitrogens with one attached hydrogen (secondary N) is 2. The Kier molecular flexibility index (Phi) is 7.07. The number of nitrogens with zero attached hydrogens (tertiary/aromatic N) is 1. The van der Waals surface area contributed by atoms with Crippen molar-refractivity contribution in [2.24, 2.45) is 5.10 Å². The molecule has 0 spiro atoms. The zero-order valence-corrected chi connectivity index (χ0v) is 17.3. The fourth-order valence-corrected chi connectivity index (χ4v) is 3.07. The van der Waals surface area contributed by atoms with E-state index in [9.17, 15) is 9.59 Å². The molecule has 29 heavy (non-hydrogen) atoms. The number of ether oxygens (including phenoxy) is 3. The van der Waals surface area contributed by atoms with Gasteiger partial charge in [0.05, 0.1) is 12.8 Å². The quantitative estimate of drug-likeness (QED) is 0.487. The van der Waals surface area contributed by atoms with Crippen molar-refractivity contribution >= 4 is 34.1 Å². The first-order valence-corrected chi connectivity index (χ1v) is 9.75. The summed E-state index contributed by atoms with van der Waals surface area (Å²) in [4.78, 5) is 24.4. The number of rotatable bonds is 7. The Labute approximate surface area is 176 Å². The van der Waals surface area contributed by atoms with Gasteiger partial charge in [0.25, 0.3) is 5.91 Å². The lowest BCUT2D eigenvalue weighted by atomic mass is 10.1. The van der Waals surface area contributed by atoms with Crippen molar-refractivity contribution in [2.75, 3.05) is 13.4 Å². The monoisotopic (exact) mass is 461 g/mol. The molecule has 2 amide bonds. The molecule has 3 rings (SSSR count). The lowest BCUT2D eigenvalue weighted by Crippen LogP contribution is -2.47. The fourth-order valence-electron chi connectivity index (χ4n) is 2.65. The van der Waals surface area contributed by atoms with Crippen LogP contribution in [0.2, 0.25) is 0 Å². The third-order valence-electron chi connectivity index (χ3n) is 4.04. The first-order valence-electron chi connectivity index (χ1n) is 8.96. The lowest BCUT2D eigenvalue weighted by molar-refractivity contribution is -0.123. The van der Waals surface area contributed by atoms with Gasteiger partial charge in [0.1, 0.15) is 6.04 Å². The maximum atomic E-state index is 12.6. The van der Waals surface area contributed by atoms with E-state index < -0.39 is 18.0 Å². The van der Waals surface area contributed by atoms with Gasteiger partial charge in [-0.15, -0.1) is 0 Å². The zero-order valence-electron chi connectivity index (χ0n) is 15.7. The molecule has 0 aromatic heterocycles. The summed E-state index contributed by atoms with van der Waals surface area (Å²) >= 11 is 3.43. The second-order valence-corrected chi connectivity index (χ2v) is 6.92. The summed E-state index contributed by atoms with van der Waals surface area (Å²) in [5, 5.41) is 6.57. The van der Waals surface area contributed by atoms with E-state index in [-0.39, 0.29) is 13.4 Å². The van der Waals surface area contributed by atoms with E-state index in [2.05, 4.69) is 31.8 Å². The number of carbonyl (C=O) groups is 2. The number of hydrazone groups is 1. The smallest absolute Gasteiger partial charge is 0.407 e. The number of benzene rings is 2. The predicted molar refractivity (Wildman–Crippen MR) is 110 cm³/mol. The molecule has 8 nitrogen and oxygen atoms in total. The molecule has 0 saturated carbocycles. The highest BCUT2D eigenvalue weighted by Crippen LogP contribution is 2.36. The average Bonchev–Trinajstić information content (AvgIpc) is 3.15. The molecule has 2 N–H and O–H groups in total. The summed E-state index contributed by atoms with van der Waals surface area (Å²) in [6, 6.07) is 12.0. The molecule has 0 radical (unpaired) electrons. The van der Waals surface area contributed by atoms with Crippen molar-refractivity contribution in [3.8, 4) is 11.5 Å². The molecule has 0 fully saturated rings. The zero-order chi connectivity index (χ0) is 20.6. The Morgan fingerprint density at radius 2 is 1.97 bits per heavy atom. The van der Waals surface area contributed by atoms with Gasteiger partial charge in [-0.3, -0.25) is 4.79 Å². The van der Waals surface area contributed by atoms with Crippen LogP contribution in [0, 0.1) is 0 Å². The van der Waals surface area contributed by atoms with Crippen LogP contribution in [0.3, 0.4) is 0 Å². The molecule has 0 bridgehead atoms. The SMILES string of the molecule is CCOC(=O)N[C@H](Cc1ccccc1)C(=O)N/N=C\c1cc2c(cc1Br)OCO2. The maximum absolute atomic E-state index is 12.6. The number of alkyl carbamates (subject to hydrolysis) is 1. The van der Waals surface area contributed by atoms with Crippen LogP contribution in [0.15, 0.2) is 52.0 Å². The van der Waals surface area contributed by atoms with Crippen LogP contribution in [0.1, 0.15) is 18.1 Å². The van der Waals surface area contributed by atoms with Gasteiger partial charge in [0.2, 0.25) is 6.79 Å². The number of fused-ring (bicyclic) bond motifs is 1. The highest BCUT2D eigenvalue weighted by molar-refractivity contribution is 9.10. The topological polar surface area (TPSA) is 98.2 Å². The van der Waals surface area contributed by atoms with E-state index in [0.29, 0.717) is 23.5 Å². The number of hydrogen-bond donors (Lipinski definition) is 2. The van der Waals surface area contributed by atoms with Crippen molar-refractivity contribution in [3.05, 3.63) is 58.1 Å². The van der Waals surface area contributed by atoms with Crippen LogP contribution in [0.4, 0.5) is 4.79 Å². The van der Waals surface area contributed by atoms with Crippen molar-refractivity contribution in [1.82, 2.24) is 10.7 Å². The highest BCUT2D eigenvalue weighted by atomic mass is 79.9. The first kappa shape index (κ1) is 20.7. The molecule has 1 heterocycles. The number of hydrogen-bond acceptors (Lipinski definition) is 6. The third-order valence-corrected chi connectivity index (χ3v) is 4.72. The lowest BCUT2D eigenvalue weighted by Gasteiger charge is -2.16. The van der Waals surface area contributed by atoms with E-state index in [1.165, 1.54) is 6.21 Å². The summed E-state index contributed by atoms with van der Waals surface area (Å²) in [6.45, 7) is 2.07. The summed E-state index contributed by atoms with van der Waals surface area (Å²) in [5.74, 6) is 0.779. The Bertz CT molecular complexity index is 904. The summed E-state index contributed by atoms with van der Waals surface area (Å²) in [7, 11) is 0. The molecular formula is C20H20BrN3O5. The number of amides is 2. The van der Waals surface area contributed by atoms with Gasteiger partial charge in [0.15, 0.2) is 11.5 Å². The summed E-state index contributed by atoms with van der Waals surface area (Å²) < 4.78 is 16.3. The number of halogens is 1. The molecule has 1 aliphatic heterocycles. The molecule has 1 atom stereocenters. The predicted octanol–water partition coefficient (Wildman–Crippen LogP) is 2.99. The van der Waals surface area contributed by atoms with Gasteiger partial charge in [-0.05, 0) is 40.5 Å². The van der Waals surface area contributed by atoms with Gasteiger partial charge >= 0.3 is 6.09 Å². The van der Waals surface area contributed by atoms with Crippen molar-refractivity contribution in [2.45, 2.75) is 19.4 Å². The Hall–Kier alpha value is -3.07. The van der Waals surface area contributed by atoms with Crippen LogP contribution in [-0.4, -0.2) is 37.7 Å². The minimum absolute atomic E-state index is 0.166. The van der Waals surface area contributed by atoms with Crippen molar-refractivity contribution in [1.29, 1.82) is 0 Å². The van der Waals surface area contributed by atoms with Gasteiger partial charge in [-0.25, -0.2) is 10.2 Å². The second kappa shape index (κ2) is 9.92. The van der Waals surface area contributed by atoms with Crippen molar-refractivity contribution < 1.29 is 23.8 Å². The standard InChI is InChI=1S/C20H20BrN3O5/c1-2-27-20(26)23-16(8-13-6-4-3-5-7-13)19(25)24-22-11-14-9-17-18(10-15(14)21)29-12-28-17/h3-7,9-11,16H,2,8,12H2,1H3,(H,23,26)(H,24,25)/b22-11-/t16-/m1/s1. The summed E-state index contributed by atoms with van der Waals surface area (Å²) in [6.07, 6.45) is 1.12. The maximum Gasteiger partial charge on any atom is 0.407 e. The Balaban J connectivity index is 1.67. The first-order chi connectivity index (χ1) is 14.1. The molecule has 9 heteroatoms. The van der Waals surface area contributed by atoms with E-state index in [4.69, 9.17) is 14.2 Å². The largest absolute Gasteiger partial charge is 0.454 e. The van der Waals surface area contributed by atoms with E-state index >= 15 is 0 Å². The normalized spacial score (nSPS) is 13.2. The van der Waals surface area contributed by atoms with Gasteiger partial charge in [0, 0.05) is 16.5 Å². The van der Waals surface area contributed by atoms with Gasteiger partial charge in [-0.1, -0.05) is 30.3 Å². The van der Waals surface area contributed by atoms with Crippen LogP contribution in [-0.2, 0) is 16.0 Å². The van der Waals surface area contributed by atoms with E-state index in [1.807, 2.05) is 30.3 Å². The van der Waals surface area contributed by atoms with Crippen LogP contribution in [0.25, 0.3) is 0 Å². The van der Waals surface area contributed by atoms with E-state index in [1.54, 1.807) is 19.1 Å². The van der Waals surface area contributed by atoms with Crippen molar-refractivity contribution in [3.63, 3.8) is 0 Å². The molecule has 1 aliphatic rings. The Morgan fingerprint density at radius 3 is 2.69 bits per heavy atom. The molecule has 0 unspecified atom stereocenters. The molecule has 152 valence electrons. The second-order valence-electron chi connectivity index (χ2n) is 6.07. The molecule has 2 aromatic rings. The fraction of sp³-hybridized carbons (Fsp3) is 0.250. The highest BCUT2D eigenvalue weighted by Gasteiger charge is 2.22. The summed E-state index contributed by atoms with van der Waals surface area (Å²) in [5.41, 5.74) is 4.06. The average molecular weight is 462 g/mol. The van der Waals surface area contributed by atoms with Crippen LogP contribution in [0.5, 0.6) is 11.5 Å². The third kappa shape index (κ3) is 5.71. The Morgan fingerprint density at radius 1 is 1.24 bits per heavy atom. The van der Waals surface area contributed by atoms with Gasteiger partial charge in [-0.2, -0.15) is 5.10 Å². The molecule has 0 saturated heterocycles. The van der Waals surface area contributed by atoms with Gasteiger partial charge < -0.3 is 19.5 Å². The molecule has 2 aromatic carbocycles. The van der Waals surface area contributed by atoms with Crippen LogP contribution >= 0.6 is 15.9 Å².